The normalized spacial score (nSPS) is 14.3. The van der Waals surface area contributed by atoms with E-state index in [0.717, 1.165) is 11.1 Å². The molecule has 1 atom stereocenters. The van der Waals surface area contributed by atoms with E-state index in [2.05, 4.69) is 5.32 Å². The fourth-order valence-corrected chi connectivity index (χ4v) is 2.98. The van der Waals surface area contributed by atoms with Crippen LogP contribution in [0.15, 0.2) is 30.3 Å². The van der Waals surface area contributed by atoms with Crippen molar-refractivity contribution in [2.75, 3.05) is 20.3 Å². The summed E-state index contributed by atoms with van der Waals surface area (Å²) in [6.45, 7) is 3.52. The topological polar surface area (TPSA) is 39.7 Å². The lowest BCUT2D eigenvalue weighted by atomic mass is 10.1. The second-order valence-electron chi connectivity index (χ2n) is 5.59. The molecule has 0 saturated heterocycles. The molecular formula is C18H19ClFNO3. The Bertz CT molecular complexity index is 738. The third-order valence-electron chi connectivity index (χ3n) is 3.93. The van der Waals surface area contributed by atoms with Gasteiger partial charge < -0.3 is 19.5 Å². The minimum atomic E-state index is -0.290. The molecule has 1 aliphatic heterocycles. The summed E-state index contributed by atoms with van der Waals surface area (Å²) < 4.78 is 29.9. The molecule has 24 heavy (non-hydrogen) atoms. The zero-order valence-electron chi connectivity index (χ0n) is 13.6. The maximum atomic E-state index is 13.5. The van der Waals surface area contributed by atoms with Gasteiger partial charge in [-0.25, -0.2) is 4.39 Å². The molecule has 0 aliphatic carbocycles. The van der Waals surface area contributed by atoms with E-state index >= 15 is 0 Å². The van der Waals surface area contributed by atoms with E-state index in [0.29, 0.717) is 42.0 Å². The molecule has 1 heterocycles. The number of rotatable bonds is 5. The van der Waals surface area contributed by atoms with Crippen molar-refractivity contribution in [3.8, 4) is 17.2 Å². The highest BCUT2D eigenvalue weighted by atomic mass is 35.5. The molecule has 1 aliphatic rings. The third-order valence-corrected chi connectivity index (χ3v) is 4.21. The van der Waals surface area contributed by atoms with E-state index in [1.807, 2.05) is 19.1 Å². The Morgan fingerprint density at radius 1 is 1.25 bits per heavy atom. The van der Waals surface area contributed by atoms with E-state index < -0.39 is 0 Å². The summed E-state index contributed by atoms with van der Waals surface area (Å²) in [4.78, 5) is 0. The number of hydrogen-bond acceptors (Lipinski definition) is 4. The predicted octanol–water partition coefficient (Wildman–Crippen LogP) is 4.11. The van der Waals surface area contributed by atoms with Crippen LogP contribution in [0.1, 0.15) is 24.1 Å². The molecule has 3 rings (SSSR count). The number of nitrogens with one attached hydrogen (secondary N) is 1. The Hall–Kier alpha value is -1.98. The van der Waals surface area contributed by atoms with E-state index in [9.17, 15) is 4.39 Å². The highest BCUT2D eigenvalue weighted by molar-refractivity contribution is 6.32. The lowest BCUT2D eigenvalue weighted by Crippen LogP contribution is -2.20. The minimum absolute atomic E-state index is 0.0948. The van der Waals surface area contributed by atoms with Crippen LogP contribution in [0.5, 0.6) is 17.2 Å². The number of ether oxygens (including phenoxy) is 3. The van der Waals surface area contributed by atoms with Crippen LogP contribution in [0.2, 0.25) is 5.02 Å². The Labute approximate surface area is 145 Å². The Morgan fingerprint density at radius 2 is 2.04 bits per heavy atom. The number of benzene rings is 2. The largest absolute Gasteiger partial charge is 0.496 e. The van der Waals surface area contributed by atoms with Gasteiger partial charge in [-0.3, -0.25) is 0 Å². The first kappa shape index (κ1) is 16.9. The van der Waals surface area contributed by atoms with Crippen molar-refractivity contribution in [1.29, 1.82) is 0 Å². The highest BCUT2D eigenvalue weighted by Gasteiger charge is 2.17. The minimum Gasteiger partial charge on any atom is -0.496 e. The lowest BCUT2D eigenvalue weighted by Gasteiger charge is -2.21. The molecule has 0 fully saturated rings. The van der Waals surface area contributed by atoms with Crippen molar-refractivity contribution in [3.05, 3.63) is 52.3 Å². The van der Waals surface area contributed by atoms with E-state index in [-0.39, 0.29) is 11.9 Å². The van der Waals surface area contributed by atoms with Gasteiger partial charge in [0.05, 0.1) is 12.1 Å². The standard InChI is InChI=1S/C18H19ClFNO3/c1-11(14-9-13(20)3-4-16(14)22-2)21-10-12-7-15(19)18-17(8-12)23-5-6-24-18/h3-4,7-9,11,21H,5-6,10H2,1-2H3. The molecular weight excluding hydrogens is 333 g/mol. The average molecular weight is 352 g/mol. The maximum Gasteiger partial charge on any atom is 0.179 e. The van der Waals surface area contributed by atoms with Crippen LogP contribution in [0.4, 0.5) is 4.39 Å². The molecule has 1 N–H and O–H groups in total. The molecule has 2 aromatic carbocycles. The van der Waals surface area contributed by atoms with Gasteiger partial charge in [-0.15, -0.1) is 0 Å². The van der Waals surface area contributed by atoms with Gasteiger partial charge in [0.1, 0.15) is 24.8 Å². The van der Waals surface area contributed by atoms with Gasteiger partial charge in [0.2, 0.25) is 0 Å². The molecule has 0 amide bonds. The quantitative estimate of drug-likeness (QED) is 0.880. The molecule has 1 unspecified atom stereocenters. The zero-order chi connectivity index (χ0) is 17.1. The van der Waals surface area contributed by atoms with E-state index in [1.165, 1.54) is 12.1 Å². The summed E-state index contributed by atoms with van der Waals surface area (Å²) >= 11 is 6.25. The molecule has 128 valence electrons. The summed E-state index contributed by atoms with van der Waals surface area (Å²) in [6, 6.07) is 8.15. The first-order valence-electron chi connectivity index (χ1n) is 7.73. The highest BCUT2D eigenvalue weighted by Crippen LogP contribution is 2.38. The SMILES string of the molecule is COc1ccc(F)cc1C(C)NCc1cc(Cl)c2c(c1)OCCO2. The fourth-order valence-electron chi connectivity index (χ4n) is 2.69. The molecule has 0 radical (unpaired) electrons. The first-order valence-corrected chi connectivity index (χ1v) is 8.11. The van der Waals surface area contributed by atoms with Gasteiger partial charge in [0.15, 0.2) is 11.5 Å². The Balaban J connectivity index is 1.74. The summed E-state index contributed by atoms with van der Waals surface area (Å²) in [5.74, 6) is 1.60. The number of halogens is 2. The Morgan fingerprint density at radius 3 is 2.83 bits per heavy atom. The monoisotopic (exact) mass is 351 g/mol. The van der Waals surface area contributed by atoms with Crippen molar-refractivity contribution in [3.63, 3.8) is 0 Å². The van der Waals surface area contributed by atoms with Crippen LogP contribution in [-0.4, -0.2) is 20.3 Å². The van der Waals surface area contributed by atoms with Gasteiger partial charge in [-0.2, -0.15) is 0 Å². The number of hydrogen-bond donors (Lipinski definition) is 1. The van der Waals surface area contributed by atoms with E-state index in [1.54, 1.807) is 13.2 Å². The molecule has 0 bridgehead atoms. The Kier molecular flexibility index (Phi) is 5.11. The smallest absolute Gasteiger partial charge is 0.179 e. The molecule has 4 nitrogen and oxygen atoms in total. The van der Waals surface area contributed by atoms with Crippen molar-refractivity contribution >= 4 is 11.6 Å². The lowest BCUT2D eigenvalue weighted by molar-refractivity contribution is 0.171. The third kappa shape index (κ3) is 3.57. The molecule has 6 heteroatoms. The zero-order valence-corrected chi connectivity index (χ0v) is 14.3. The van der Waals surface area contributed by atoms with Gasteiger partial charge in [-0.05, 0) is 42.8 Å². The van der Waals surface area contributed by atoms with Crippen LogP contribution in [0, 0.1) is 5.82 Å². The van der Waals surface area contributed by atoms with Crippen molar-refractivity contribution < 1.29 is 18.6 Å². The van der Waals surface area contributed by atoms with E-state index in [4.69, 9.17) is 25.8 Å². The predicted molar refractivity (Wildman–Crippen MR) is 90.6 cm³/mol. The van der Waals surface area contributed by atoms with Gasteiger partial charge in [0, 0.05) is 18.2 Å². The van der Waals surface area contributed by atoms with Crippen LogP contribution in [-0.2, 0) is 6.54 Å². The van der Waals surface area contributed by atoms with Crippen LogP contribution >= 0.6 is 11.6 Å². The van der Waals surface area contributed by atoms with Crippen LogP contribution < -0.4 is 19.5 Å². The second kappa shape index (κ2) is 7.28. The van der Waals surface area contributed by atoms with Crippen molar-refractivity contribution in [1.82, 2.24) is 5.32 Å². The van der Waals surface area contributed by atoms with Gasteiger partial charge >= 0.3 is 0 Å². The number of methoxy groups -OCH3 is 1. The van der Waals surface area contributed by atoms with Crippen LogP contribution in [0.3, 0.4) is 0 Å². The summed E-state index contributed by atoms with van der Waals surface area (Å²) in [5.41, 5.74) is 1.73. The number of fused-ring (bicyclic) bond motifs is 1. The van der Waals surface area contributed by atoms with Crippen LogP contribution in [0.25, 0.3) is 0 Å². The molecule has 0 saturated carbocycles. The molecule has 0 spiro atoms. The van der Waals surface area contributed by atoms with Gasteiger partial charge in [-0.1, -0.05) is 11.6 Å². The second-order valence-corrected chi connectivity index (χ2v) is 6.00. The van der Waals surface area contributed by atoms with Crippen molar-refractivity contribution in [2.24, 2.45) is 0 Å². The van der Waals surface area contributed by atoms with Gasteiger partial charge in [0.25, 0.3) is 0 Å². The summed E-state index contributed by atoms with van der Waals surface area (Å²) in [5, 5.41) is 3.88. The van der Waals surface area contributed by atoms with Crippen molar-refractivity contribution in [2.45, 2.75) is 19.5 Å². The molecule has 0 aromatic heterocycles. The first-order chi connectivity index (χ1) is 11.6. The fraction of sp³-hybridized carbons (Fsp3) is 0.333. The summed E-state index contributed by atoms with van der Waals surface area (Å²) in [6.07, 6.45) is 0. The maximum absolute atomic E-state index is 13.5. The molecule has 2 aromatic rings. The summed E-state index contributed by atoms with van der Waals surface area (Å²) in [7, 11) is 1.57. The average Bonchev–Trinajstić information content (AvgIpc) is 2.59.